The van der Waals surface area contributed by atoms with Crippen LogP contribution < -0.4 is 0 Å². The van der Waals surface area contributed by atoms with Gasteiger partial charge in [-0.05, 0) is 27.7 Å². The van der Waals surface area contributed by atoms with Crippen molar-refractivity contribution >= 4 is 17.5 Å². The Bertz CT molecular complexity index is 392. The quantitative estimate of drug-likeness (QED) is 0.800. The van der Waals surface area contributed by atoms with Crippen LogP contribution >= 0.6 is 11.6 Å². The SMILES string of the molecule is CCN(C)C(=O)c1cnn(C(C)(C)C)c1Cl. The van der Waals surface area contributed by atoms with Gasteiger partial charge in [0.1, 0.15) is 5.15 Å². The smallest absolute Gasteiger partial charge is 0.258 e. The van der Waals surface area contributed by atoms with Gasteiger partial charge in [-0.2, -0.15) is 5.10 Å². The molecule has 90 valence electrons. The van der Waals surface area contributed by atoms with Gasteiger partial charge in [0.05, 0.1) is 17.3 Å². The molecule has 1 rings (SSSR count). The van der Waals surface area contributed by atoms with Crippen molar-refractivity contribution in [1.29, 1.82) is 0 Å². The first-order chi connectivity index (χ1) is 7.29. The molecule has 0 spiro atoms. The lowest BCUT2D eigenvalue weighted by atomic mass is 10.1. The van der Waals surface area contributed by atoms with Crippen molar-refractivity contribution in [3.05, 3.63) is 16.9 Å². The van der Waals surface area contributed by atoms with Crippen molar-refractivity contribution in [3.63, 3.8) is 0 Å². The van der Waals surface area contributed by atoms with Gasteiger partial charge in [0.15, 0.2) is 0 Å². The summed E-state index contributed by atoms with van der Waals surface area (Å²) < 4.78 is 1.66. The van der Waals surface area contributed by atoms with Gasteiger partial charge in [-0.15, -0.1) is 0 Å². The van der Waals surface area contributed by atoms with Crippen molar-refractivity contribution in [2.24, 2.45) is 0 Å². The van der Waals surface area contributed by atoms with Crippen LogP contribution in [0.15, 0.2) is 6.20 Å². The van der Waals surface area contributed by atoms with Crippen LogP contribution in [0, 0.1) is 0 Å². The third-order valence-electron chi connectivity index (χ3n) is 2.40. The van der Waals surface area contributed by atoms with E-state index in [9.17, 15) is 4.79 Å². The molecule has 0 saturated carbocycles. The van der Waals surface area contributed by atoms with Gasteiger partial charge in [-0.1, -0.05) is 11.6 Å². The van der Waals surface area contributed by atoms with E-state index in [-0.39, 0.29) is 11.4 Å². The Morgan fingerprint density at radius 3 is 2.50 bits per heavy atom. The van der Waals surface area contributed by atoms with E-state index >= 15 is 0 Å². The Morgan fingerprint density at radius 2 is 2.12 bits per heavy atom. The maximum absolute atomic E-state index is 11.9. The van der Waals surface area contributed by atoms with Crippen molar-refractivity contribution in [1.82, 2.24) is 14.7 Å². The number of nitrogens with zero attached hydrogens (tertiary/aromatic N) is 3. The zero-order valence-electron chi connectivity index (χ0n) is 10.4. The molecular formula is C11H18ClN3O. The first-order valence-electron chi connectivity index (χ1n) is 5.28. The van der Waals surface area contributed by atoms with Crippen LogP contribution in [-0.2, 0) is 5.54 Å². The standard InChI is InChI=1S/C11H18ClN3O/c1-6-14(5)10(16)8-7-13-15(9(8)12)11(2,3)4/h7H,6H2,1-5H3. The second-order valence-electron chi connectivity index (χ2n) is 4.75. The predicted molar refractivity (Wildman–Crippen MR) is 64.9 cm³/mol. The number of carbonyl (C=O) groups is 1. The van der Waals surface area contributed by atoms with E-state index in [1.54, 1.807) is 16.6 Å². The molecule has 0 aliphatic rings. The molecule has 1 heterocycles. The summed E-state index contributed by atoms with van der Waals surface area (Å²) in [4.78, 5) is 13.5. The molecule has 0 bridgehead atoms. The van der Waals surface area contributed by atoms with E-state index in [1.165, 1.54) is 6.20 Å². The Morgan fingerprint density at radius 1 is 1.56 bits per heavy atom. The topological polar surface area (TPSA) is 38.1 Å². The van der Waals surface area contributed by atoms with Crippen molar-refractivity contribution in [2.75, 3.05) is 13.6 Å². The molecule has 1 aromatic heterocycles. The van der Waals surface area contributed by atoms with E-state index in [4.69, 9.17) is 11.6 Å². The van der Waals surface area contributed by atoms with E-state index in [2.05, 4.69) is 5.10 Å². The highest BCUT2D eigenvalue weighted by Gasteiger charge is 2.24. The number of aromatic nitrogens is 2. The molecule has 0 N–H and O–H groups in total. The second kappa shape index (κ2) is 4.45. The third-order valence-corrected chi connectivity index (χ3v) is 2.76. The van der Waals surface area contributed by atoms with Gasteiger partial charge in [0.2, 0.25) is 0 Å². The molecular weight excluding hydrogens is 226 g/mol. The molecule has 4 nitrogen and oxygen atoms in total. The number of halogens is 1. The maximum atomic E-state index is 11.9. The van der Waals surface area contributed by atoms with Crippen LogP contribution in [0.3, 0.4) is 0 Å². The van der Waals surface area contributed by atoms with Crippen LogP contribution in [0.2, 0.25) is 5.15 Å². The van der Waals surface area contributed by atoms with Crippen LogP contribution in [0.4, 0.5) is 0 Å². The van der Waals surface area contributed by atoms with Crippen LogP contribution in [0.1, 0.15) is 38.1 Å². The van der Waals surface area contributed by atoms with Gasteiger partial charge in [0, 0.05) is 13.6 Å². The minimum atomic E-state index is -0.222. The van der Waals surface area contributed by atoms with Crippen molar-refractivity contribution < 1.29 is 4.79 Å². The molecule has 1 amide bonds. The molecule has 0 aliphatic heterocycles. The Kier molecular flexibility index (Phi) is 3.63. The Labute approximate surface area is 101 Å². The third kappa shape index (κ3) is 2.38. The first-order valence-corrected chi connectivity index (χ1v) is 5.66. The zero-order chi connectivity index (χ0) is 12.5. The summed E-state index contributed by atoms with van der Waals surface area (Å²) >= 11 is 6.16. The summed E-state index contributed by atoms with van der Waals surface area (Å²) in [6.07, 6.45) is 1.53. The van der Waals surface area contributed by atoms with Crippen LogP contribution in [0.25, 0.3) is 0 Å². The summed E-state index contributed by atoms with van der Waals surface area (Å²) in [5, 5.41) is 4.56. The van der Waals surface area contributed by atoms with Gasteiger partial charge in [-0.3, -0.25) is 4.79 Å². The van der Waals surface area contributed by atoms with Gasteiger partial charge >= 0.3 is 0 Å². The fourth-order valence-corrected chi connectivity index (χ4v) is 1.72. The lowest BCUT2D eigenvalue weighted by Gasteiger charge is -2.20. The zero-order valence-corrected chi connectivity index (χ0v) is 11.2. The summed E-state index contributed by atoms with van der Waals surface area (Å²) in [6.45, 7) is 8.53. The minimum absolute atomic E-state index is 0.0944. The monoisotopic (exact) mass is 243 g/mol. The molecule has 0 saturated heterocycles. The van der Waals surface area contributed by atoms with Gasteiger partial charge < -0.3 is 4.90 Å². The van der Waals surface area contributed by atoms with Crippen molar-refractivity contribution in [3.8, 4) is 0 Å². The molecule has 1 aromatic rings. The summed E-state index contributed by atoms with van der Waals surface area (Å²) in [5.41, 5.74) is 0.237. The molecule has 0 fully saturated rings. The fraction of sp³-hybridized carbons (Fsp3) is 0.636. The number of amides is 1. The van der Waals surface area contributed by atoms with E-state index < -0.39 is 0 Å². The maximum Gasteiger partial charge on any atom is 0.258 e. The molecule has 0 atom stereocenters. The lowest BCUT2D eigenvalue weighted by molar-refractivity contribution is 0.0802. The molecule has 0 unspecified atom stereocenters. The first kappa shape index (κ1) is 13.0. The molecule has 16 heavy (non-hydrogen) atoms. The molecule has 5 heteroatoms. The summed E-state index contributed by atoms with van der Waals surface area (Å²) in [6, 6.07) is 0. The fourth-order valence-electron chi connectivity index (χ4n) is 1.29. The second-order valence-corrected chi connectivity index (χ2v) is 5.11. The number of hydrogen-bond donors (Lipinski definition) is 0. The Hall–Kier alpha value is -1.03. The average molecular weight is 244 g/mol. The molecule has 0 aliphatic carbocycles. The van der Waals surface area contributed by atoms with Crippen LogP contribution in [-0.4, -0.2) is 34.2 Å². The lowest BCUT2D eigenvalue weighted by Crippen LogP contribution is -2.27. The van der Waals surface area contributed by atoms with E-state index in [0.29, 0.717) is 17.3 Å². The highest BCUT2D eigenvalue weighted by atomic mass is 35.5. The average Bonchev–Trinajstić information content (AvgIpc) is 2.57. The highest BCUT2D eigenvalue weighted by molar-refractivity contribution is 6.32. The number of hydrogen-bond acceptors (Lipinski definition) is 2. The van der Waals surface area contributed by atoms with Crippen LogP contribution in [0.5, 0.6) is 0 Å². The normalized spacial score (nSPS) is 11.6. The summed E-state index contributed by atoms with van der Waals surface area (Å²) in [5.74, 6) is -0.0944. The Balaban J connectivity index is 3.10. The highest BCUT2D eigenvalue weighted by Crippen LogP contribution is 2.24. The molecule has 0 radical (unpaired) electrons. The predicted octanol–water partition coefficient (Wildman–Crippen LogP) is 2.38. The van der Waals surface area contributed by atoms with Crippen molar-refractivity contribution in [2.45, 2.75) is 33.2 Å². The molecule has 0 aromatic carbocycles. The largest absolute Gasteiger partial charge is 0.342 e. The number of carbonyl (C=O) groups excluding carboxylic acids is 1. The van der Waals surface area contributed by atoms with Gasteiger partial charge in [0.25, 0.3) is 5.91 Å². The minimum Gasteiger partial charge on any atom is -0.342 e. The van der Waals surface area contributed by atoms with E-state index in [1.807, 2.05) is 27.7 Å². The van der Waals surface area contributed by atoms with E-state index in [0.717, 1.165) is 0 Å². The summed E-state index contributed by atoms with van der Waals surface area (Å²) in [7, 11) is 1.74. The van der Waals surface area contributed by atoms with Gasteiger partial charge in [-0.25, -0.2) is 4.68 Å². The number of rotatable bonds is 2.